The van der Waals surface area contributed by atoms with Crippen molar-refractivity contribution in [1.82, 2.24) is 15.1 Å². The molecule has 3 nitrogen and oxygen atoms in total. The van der Waals surface area contributed by atoms with Gasteiger partial charge in [-0.05, 0) is 31.9 Å². The number of rotatable bonds is 7. The normalized spacial score (nSPS) is 13.0. The molecule has 0 bridgehead atoms. The summed E-state index contributed by atoms with van der Waals surface area (Å²) in [5.74, 6) is 1.12. The highest BCUT2D eigenvalue weighted by Gasteiger charge is 2.18. The Labute approximate surface area is 107 Å². The van der Waals surface area contributed by atoms with Gasteiger partial charge in [0.15, 0.2) is 0 Å². The number of nitrogens with one attached hydrogen (secondary N) is 1. The summed E-state index contributed by atoms with van der Waals surface area (Å²) in [5.41, 5.74) is 1.13. The fraction of sp³-hybridized carbons (Fsp3) is 0.727. The minimum atomic E-state index is 0.300. The molecule has 0 aliphatic heterocycles. The van der Waals surface area contributed by atoms with Crippen molar-refractivity contribution in [3.63, 3.8) is 0 Å². The van der Waals surface area contributed by atoms with Crippen LogP contribution in [0.4, 0.5) is 0 Å². The summed E-state index contributed by atoms with van der Waals surface area (Å²) in [6, 6.07) is 0.300. The molecule has 0 radical (unpaired) electrons. The lowest BCUT2D eigenvalue weighted by Crippen LogP contribution is -2.21. The number of aryl methyl sites for hydroxylation is 1. The van der Waals surface area contributed by atoms with Gasteiger partial charge >= 0.3 is 0 Å². The average Bonchev–Trinajstić information content (AvgIpc) is 2.63. The van der Waals surface area contributed by atoms with Gasteiger partial charge in [0.05, 0.1) is 23.0 Å². The zero-order valence-electron chi connectivity index (χ0n) is 10.2. The highest BCUT2D eigenvalue weighted by molar-refractivity contribution is 7.98. The minimum Gasteiger partial charge on any atom is -0.312 e. The van der Waals surface area contributed by atoms with Crippen LogP contribution in [0.15, 0.2) is 6.20 Å². The van der Waals surface area contributed by atoms with Crippen molar-refractivity contribution >= 4 is 23.4 Å². The highest BCUT2D eigenvalue weighted by Crippen LogP contribution is 2.26. The van der Waals surface area contributed by atoms with E-state index in [9.17, 15) is 0 Å². The summed E-state index contributed by atoms with van der Waals surface area (Å²) in [6.07, 6.45) is 6.02. The lowest BCUT2D eigenvalue weighted by molar-refractivity contribution is 0.492. The molecular formula is C11H20ClN3S. The summed E-state index contributed by atoms with van der Waals surface area (Å²) in [7, 11) is 1.98. The Morgan fingerprint density at radius 1 is 1.62 bits per heavy atom. The molecule has 0 aliphatic rings. The first-order valence-corrected chi connectivity index (χ1v) is 7.39. The van der Waals surface area contributed by atoms with E-state index in [0.29, 0.717) is 6.04 Å². The smallest absolute Gasteiger partial charge is 0.0834 e. The summed E-state index contributed by atoms with van der Waals surface area (Å²) in [6.45, 7) is 3.08. The van der Waals surface area contributed by atoms with Crippen LogP contribution < -0.4 is 5.32 Å². The zero-order chi connectivity index (χ0) is 12.0. The number of thioether (sulfide) groups is 1. The predicted octanol–water partition coefficient (Wildman–Crippen LogP) is 2.96. The van der Waals surface area contributed by atoms with Gasteiger partial charge < -0.3 is 5.32 Å². The van der Waals surface area contributed by atoms with Gasteiger partial charge in [0.1, 0.15) is 0 Å². The van der Waals surface area contributed by atoms with E-state index < -0.39 is 0 Å². The van der Waals surface area contributed by atoms with E-state index in [4.69, 9.17) is 11.6 Å². The first kappa shape index (κ1) is 13.9. The van der Waals surface area contributed by atoms with Crippen molar-refractivity contribution in [2.45, 2.75) is 32.4 Å². The van der Waals surface area contributed by atoms with Crippen molar-refractivity contribution in [1.29, 1.82) is 0 Å². The first-order valence-electron chi connectivity index (χ1n) is 5.62. The van der Waals surface area contributed by atoms with Gasteiger partial charge in [0.2, 0.25) is 0 Å². The highest BCUT2D eigenvalue weighted by atomic mass is 35.5. The fourth-order valence-corrected chi connectivity index (χ4v) is 2.51. The molecule has 1 atom stereocenters. The Balaban J connectivity index is 2.84. The first-order chi connectivity index (χ1) is 7.74. The van der Waals surface area contributed by atoms with Crippen LogP contribution >= 0.6 is 23.4 Å². The van der Waals surface area contributed by atoms with Gasteiger partial charge in [0, 0.05) is 6.54 Å². The molecule has 1 aromatic rings. The maximum Gasteiger partial charge on any atom is 0.0834 e. The largest absolute Gasteiger partial charge is 0.312 e. The van der Waals surface area contributed by atoms with Gasteiger partial charge in [-0.15, -0.1) is 0 Å². The van der Waals surface area contributed by atoms with E-state index >= 15 is 0 Å². The van der Waals surface area contributed by atoms with Crippen molar-refractivity contribution in [2.24, 2.45) is 0 Å². The number of nitrogens with zero attached hydrogens (tertiary/aromatic N) is 2. The molecular weight excluding hydrogens is 242 g/mol. The van der Waals surface area contributed by atoms with Crippen molar-refractivity contribution in [2.75, 3.05) is 19.1 Å². The molecule has 92 valence electrons. The fourth-order valence-electron chi connectivity index (χ4n) is 1.76. The maximum absolute atomic E-state index is 6.20. The van der Waals surface area contributed by atoms with Crippen molar-refractivity contribution < 1.29 is 0 Å². The van der Waals surface area contributed by atoms with E-state index in [2.05, 4.69) is 23.6 Å². The standard InChI is InChI=1S/C11H20ClN3S/c1-4-6-15-11(9(12)8-14-15)10(13-2)5-7-16-3/h8,10,13H,4-7H2,1-3H3. The molecule has 1 heterocycles. The summed E-state index contributed by atoms with van der Waals surface area (Å²) in [5, 5.41) is 8.41. The van der Waals surface area contributed by atoms with E-state index in [1.807, 2.05) is 23.5 Å². The SMILES string of the molecule is CCCn1ncc(Cl)c1C(CCSC)NC. The van der Waals surface area contributed by atoms with E-state index in [1.165, 1.54) is 0 Å². The lowest BCUT2D eigenvalue weighted by Gasteiger charge is -2.18. The Morgan fingerprint density at radius 2 is 2.38 bits per heavy atom. The molecule has 1 aromatic heterocycles. The molecule has 0 saturated heterocycles. The summed E-state index contributed by atoms with van der Waals surface area (Å²) >= 11 is 8.06. The molecule has 0 spiro atoms. The molecule has 1 unspecified atom stereocenters. The van der Waals surface area contributed by atoms with Gasteiger partial charge in [-0.3, -0.25) is 4.68 Å². The second kappa shape index (κ2) is 7.20. The zero-order valence-corrected chi connectivity index (χ0v) is 11.7. The molecule has 1 N–H and O–H groups in total. The van der Waals surface area contributed by atoms with E-state index in [1.54, 1.807) is 6.20 Å². The Bertz CT molecular complexity index is 314. The number of halogens is 1. The predicted molar refractivity (Wildman–Crippen MR) is 72.3 cm³/mol. The third-order valence-electron chi connectivity index (χ3n) is 2.56. The monoisotopic (exact) mass is 261 g/mol. The second-order valence-electron chi connectivity index (χ2n) is 3.72. The number of aromatic nitrogens is 2. The summed E-state index contributed by atoms with van der Waals surface area (Å²) < 4.78 is 2.02. The lowest BCUT2D eigenvalue weighted by atomic mass is 10.1. The Hall–Kier alpha value is -0.190. The topological polar surface area (TPSA) is 29.9 Å². The van der Waals surface area contributed by atoms with Crippen LogP contribution in [0.1, 0.15) is 31.5 Å². The third kappa shape index (κ3) is 3.40. The van der Waals surface area contributed by atoms with E-state index in [-0.39, 0.29) is 0 Å². The Kier molecular flexibility index (Phi) is 6.24. The molecule has 1 rings (SSSR count). The molecule has 0 aliphatic carbocycles. The molecule has 16 heavy (non-hydrogen) atoms. The van der Waals surface area contributed by atoms with Gasteiger partial charge in [-0.2, -0.15) is 16.9 Å². The number of hydrogen-bond donors (Lipinski definition) is 1. The summed E-state index contributed by atoms with van der Waals surface area (Å²) in [4.78, 5) is 0. The molecule has 0 amide bonds. The van der Waals surface area contributed by atoms with Crippen LogP contribution in [0.5, 0.6) is 0 Å². The average molecular weight is 262 g/mol. The second-order valence-corrected chi connectivity index (χ2v) is 5.12. The van der Waals surface area contributed by atoms with Crippen molar-refractivity contribution in [3.05, 3.63) is 16.9 Å². The van der Waals surface area contributed by atoms with Gasteiger partial charge in [-0.1, -0.05) is 18.5 Å². The van der Waals surface area contributed by atoms with Crippen LogP contribution in [0.2, 0.25) is 5.02 Å². The quantitative estimate of drug-likeness (QED) is 0.819. The molecule has 0 saturated carbocycles. The van der Waals surface area contributed by atoms with E-state index in [0.717, 1.165) is 35.9 Å². The third-order valence-corrected chi connectivity index (χ3v) is 3.49. The molecule has 0 aromatic carbocycles. The van der Waals surface area contributed by atoms with Crippen LogP contribution in [0.3, 0.4) is 0 Å². The van der Waals surface area contributed by atoms with Gasteiger partial charge in [-0.25, -0.2) is 0 Å². The van der Waals surface area contributed by atoms with Crippen LogP contribution in [-0.2, 0) is 6.54 Å². The molecule has 5 heteroatoms. The Morgan fingerprint density at radius 3 is 2.94 bits per heavy atom. The van der Waals surface area contributed by atoms with Crippen molar-refractivity contribution in [3.8, 4) is 0 Å². The number of hydrogen-bond acceptors (Lipinski definition) is 3. The van der Waals surface area contributed by atoms with Crippen LogP contribution in [0, 0.1) is 0 Å². The maximum atomic E-state index is 6.20. The molecule has 0 fully saturated rings. The van der Waals surface area contributed by atoms with Crippen LogP contribution in [0.25, 0.3) is 0 Å². The minimum absolute atomic E-state index is 0.300. The van der Waals surface area contributed by atoms with Crippen LogP contribution in [-0.4, -0.2) is 28.8 Å². The van der Waals surface area contributed by atoms with Gasteiger partial charge in [0.25, 0.3) is 0 Å².